The summed E-state index contributed by atoms with van der Waals surface area (Å²) in [6.07, 6.45) is -0.0223. The van der Waals surface area contributed by atoms with Gasteiger partial charge in [0.2, 0.25) is 0 Å². The van der Waals surface area contributed by atoms with Crippen molar-refractivity contribution in [1.29, 1.82) is 0 Å². The highest BCUT2D eigenvalue weighted by Gasteiger charge is 2.30. The molecule has 0 bridgehead atoms. The summed E-state index contributed by atoms with van der Waals surface area (Å²) in [4.78, 5) is 10.7. The van der Waals surface area contributed by atoms with E-state index in [4.69, 9.17) is 10.8 Å². The van der Waals surface area contributed by atoms with Crippen LogP contribution in [0.2, 0.25) is 0 Å². The maximum Gasteiger partial charge on any atom is 0.303 e. The number of aliphatic carboxylic acids is 1. The SMILES string of the molecule is CC(C)(CC(=O)O)C(N)c1ccc(F)cc1. The lowest BCUT2D eigenvalue weighted by Gasteiger charge is -2.30. The molecule has 0 heterocycles. The van der Waals surface area contributed by atoms with Gasteiger partial charge in [-0.1, -0.05) is 26.0 Å². The summed E-state index contributed by atoms with van der Waals surface area (Å²) >= 11 is 0. The predicted octanol–water partition coefficient (Wildman–Crippen LogP) is 2.33. The normalized spacial score (nSPS) is 13.5. The number of hydrogen-bond acceptors (Lipinski definition) is 2. The van der Waals surface area contributed by atoms with Crippen LogP contribution in [0, 0.1) is 11.2 Å². The Kier molecular flexibility index (Phi) is 3.65. The minimum atomic E-state index is -0.887. The van der Waals surface area contributed by atoms with Crippen LogP contribution in [0.3, 0.4) is 0 Å². The number of carboxylic acid groups (broad SMARTS) is 1. The highest BCUT2D eigenvalue weighted by molar-refractivity contribution is 5.67. The van der Waals surface area contributed by atoms with Crippen molar-refractivity contribution in [3.05, 3.63) is 35.6 Å². The van der Waals surface area contributed by atoms with E-state index in [0.29, 0.717) is 0 Å². The van der Waals surface area contributed by atoms with Crippen LogP contribution in [0.1, 0.15) is 31.9 Å². The Morgan fingerprint density at radius 3 is 2.38 bits per heavy atom. The molecule has 1 aromatic rings. The number of hydrogen-bond donors (Lipinski definition) is 2. The van der Waals surface area contributed by atoms with Gasteiger partial charge in [0.1, 0.15) is 5.82 Å². The summed E-state index contributed by atoms with van der Waals surface area (Å²) in [5.74, 6) is -1.21. The first-order chi connectivity index (χ1) is 7.33. The molecule has 0 radical (unpaired) electrons. The molecule has 88 valence electrons. The number of halogens is 1. The fraction of sp³-hybridized carbons (Fsp3) is 0.417. The summed E-state index contributed by atoms with van der Waals surface area (Å²) in [6.45, 7) is 3.57. The quantitative estimate of drug-likeness (QED) is 0.826. The van der Waals surface area contributed by atoms with Crippen molar-refractivity contribution in [1.82, 2.24) is 0 Å². The number of carbonyl (C=O) groups is 1. The Labute approximate surface area is 94.1 Å². The fourth-order valence-electron chi connectivity index (χ4n) is 1.62. The van der Waals surface area contributed by atoms with Gasteiger partial charge in [-0.3, -0.25) is 4.79 Å². The molecule has 0 fully saturated rings. The van der Waals surface area contributed by atoms with Gasteiger partial charge in [-0.05, 0) is 23.1 Å². The molecule has 1 atom stereocenters. The number of benzene rings is 1. The molecule has 0 aromatic heterocycles. The van der Waals surface area contributed by atoms with Crippen molar-refractivity contribution in [3.63, 3.8) is 0 Å². The third kappa shape index (κ3) is 3.03. The molecule has 16 heavy (non-hydrogen) atoms. The van der Waals surface area contributed by atoms with Gasteiger partial charge in [-0.2, -0.15) is 0 Å². The lowest BCUT2D eigenvalue weighted by Crippen LogP contribution is -2.31. The van der Waals surface area contributed by atoms with Crippen LogP contribution in [0.5, 0.6) is 0 Å². The number of rotatable bonds is 4. The Bertz CT molecular complexity index is 373. The second-order valence-corrected chi connectivity index (χ2v) is 4.59. The topological polar surface area (TPSA) is 63.3 Å². The van der Waals surface area contributed by atoms with E-state index in [9.17, 15) is 9.18 Å². The minimum Gasteiger partial charge on any atom is -0.481 e. The second kappa shape index (κ2) is 4.61. The van der Waals surface area contributed by atoms with Crippen LogP contribution in [0.25, 0.3) is 0 Å². The van der Waals surface area contributed by atoms with Gasteiger partial charge in [0, 0.05) is 6.04 Å². The molecule has 3 N–H and O–H groups in total. The first kappa shape index (κ1) is 12.6. The molecule has 0 spiro atoms. The number of nitrogens with two attached hydrogens (primary N) is 1. The minimum absolute atomic E-state index is 0.0223. The van der Waals surface area contributed by atoms with Gasteiger partial charge in [-0.15, -0.1) is 0 Å². The molecular weight excluding hydrogens is 209 g/mol. The lowest BCUT2D eigenvalue weighted by molar-refractivity contribution is -0.139. The van der Waals surface area contributed by atoms with Gasteiger partial charge in [0.15, 0.2) is 0 Å². The fourth-order valence-corrected chi connectivity index (χ4v) is 1.62. The molecule has 0 aliphatic rings. The van der Waals surface area contributed by atoms with Gasteiger partial charge < -0.3 is 10.8 Å². The van der Waals surface area contributed by atoms with E-state index in [1.54, 1.807) is 26.0 Å². The highest BCUT2D eigenvalue weighted by atomic mass is 19.1. The zero-order valence-corrected chi connectivity index (χ0v) is 9.40. The molecule has 3 nitrogen and oxygen atoms in total. The largest absolute Gasteiger partial charge is 0.481 e. The molecule has 1 rings (SSSR count). The maximum atomic E-state index is 12.7. The van der Waals surface area contributed by atoms with E-state index in [0.717, 1.165) is 5.56 Å². The first-order valence-electron chi connectivity index (χ1n) is 5.06. The molecule has 0 saturated heterocycles. The predicted molar refractivity (Wildman–Crippen MR) is 59.4 cm³/mol. The second-order valence-electron chi connectivity index (χ2n) is 4.59. The van der Waals surface area contributed by atoms with Crippen molar-refractivity contribution in [2.24, 2.45) is 11.1 Å². The maximum absolute atomic E-state index is 12.7. The molecular formula is C12H16FNO2. The van der Waals surface area contributed by atoms with E-state index in [1.807, 2.05) is 0 Å². The summed E-state index contributed by atoms with van der Waals surface area (Å²) < 4.78 is 12.7. The molecule has 0 amide bonds. The van der Waals surface area contributed by atoms with Crippen LogP contribution < -0.4 is 5.73 Å². The van der Waals surface area contributed by atoms with Gasteiger partial charge >= 0.3 is 5.97 Å². The summed E-state index contributed by atoms with van der Waals surface area (Å²) in [5, 5.41) is 8.77. The number of carboxylic acids is 1. The monoisotopic (exact) mass is 225 g/mol. The van der Waals surface area contributed by atoms with E-state index in [2.05, 4.69) is 0 Å². The summed E-state index contributed by atoms with van der Waals surface area (Å²) in [7, 11) is 0. The summed E-state index contributed by atoms with van der Waals surface area (Å²) in [5.41, 5.74) is 6.16. The third-order valence-corrected chi connectivity index (χ3v) is 2.68. The molecule has 1 unspecified atom stereocenters. The van der Waals surface area contributed by atoms with E-state index >= 15 is 0 Å². The summed E-state index contributed by atoms with van der Waals surface area (Å²) in [6, 6.07) is 5.40. The Hall–Kier alpha value is -1.42. The Morgan fingerprint density at radius 1 is 1.44 bits per heavy atom. The van der Waals surface area contributed by atoms with Crippen LogP contribution in [-0.2, 0) is 4.79 Å². The van der Waals surface area contributed by atoms with Crippen molar-refractivity contribution in [3.8, 4) is 0 Å². The van der Waals surface area contributed by atoms with E-state index in [-0.39, 0.29) is 12.2 Å². The van der Waals surface area contributed by atoms with Gasteiger partial charge in [-0.25, -0.2) is 4.39 Å². The first-order valence-corrected chi connectivity index (χ1v) is 5.06. The molecule has 0 aliphatic heterocycles. The molecule has 0 saturated carbocycles. The molecule has 4 heteroatoms. The van der Waals surface area contributed by atoms with E-state index in [1.165, 1.54) is 12.1 Å². The van der Waals surface area contributed by atoms with Crippen molar-refractivity contribution in [2.75, 3.05) is 0 Å². The average molecular weight is 225 g/mol. The van der Waals surface area contributed by atoms with Crippen LogP contribution in [0.4, 0.5) is 4.39 Å². The van der Waals surface area contributed by atoms with Crippen LogP contribution in [0.15, 0.2) is 24.3 Å². The standard InChI is InChI=1S/C12H16FNO2/c1-12(2,7-10(15)16)11(14)8-3-5-9(13)6-4-8/h3-6,11H,7,14H2,1-2H3,(H,15,16). The van der Waals surface area contributed by atoms with E-state index < -0.39 is 17.4 Å². The lowest BCUT2D eigenvalue weighted by atomic mass is 9.78. The highest BCUT2D eigenvalue weighted by Crippen LogP contribution is 2.34. The van der Waals surface area contributed by atoms with Crippen molar-refractivity contribution < 1.29 is 14.3 Å². The third-order valence-electron chi connectivity index (χ3n) is 2.68. The average Bonchev–Trinajstić information content (AvgIpc) is 2.16. The Balaban J connectivity index is 2.88. The van der Waals surface area contributed by atoms with Gasteiger partial charge in [0.05, 0.1) is 6.42 Å². The van der Waals surface area contributed by atoms with Gasteiger partial charge in [0.25, 0.3) is 0 Å². The van der Waals surface area contributed by atoms with Crippen LogP contribution in [-0.4, -0.2) is 11.1 Å². The van der Waals surface area contributed by atoms with Crippen molar-refractivity contribution in [2.45, 2.75) is 26.3 Å². The van der Waals surface area contributed by atoms with Crippen LogP contribution >= 0.6 is 0 Å². The zero-order valence-electron chi connectivity index (χ0n) is 9.40. The smallest absolute Gasteiger partial charge is 0.303 e. The Morgan fingerprint density at radius 2 is 1.94 bits per heavy atom. The van der Waals surface area contributed by atoms with Crippen molar-refractivity contribution >= 4 is 5.97 Å². The molecule has 1 aromatic carbocycles. The zero-order chi connectivity index (χ0) is 12.3. The molecule has 0 aliphatic carbocycles.